The molecule has 0 amide bonds. The molecule has 1 N–H and O–H groups in total. The lowest BCUT2D eigenvalue weighted by molar-refractivity contribution is 0.122. The van der Waals surface area contributed by atoms with E-state index < -0.39 is 0 Å². The van der Waals surface area contributed by atoms with Crippen molar-refractivity contribution in [2.45, 2.75) is 31.8 Å². The molecule has 4 heterocycles. The van der Waals surface area contributed by atoms with Crippen molar-refractivity contribution in [3.05, 3.63) is 29.0 Å². The molecule has 2 aliphatic heterocycles. The molecule has 1 atom stereocenters. The first-order chi connectivity index (χ1) is 12.8. The van der Waals surface area contributed by atoms with Crippen LogP contribution in [0.1, 0.15) is 29.3 Å². The van der Waals surface area contributed by atoms with Crippen LogP contribution in [0.4, 0.5) is 5.13 Å². The molecule has 0 unspecified atom stereocenters. The quantitative estimate of drug-likeness (QED) is 0.824. The predicted octanol–water partition coefficient (Wildman–Crippen LogP) is 1.55. The Kier molecular flexibility index (Phi) is 5.84. The Balaban J connectivity index is 1.35. The molecule has 7 nitrogen and oxygen atoms in total. The summed E-state index contributed by atoms with van der Waals surface area (Å²) in [5.74, 6) is 0.482. The van der Waals surface area contributed by atoms with E-state index in [1.807, 2.05) is 28.4 Å². The van der Waals surface area contributed by atoms with Crippen LogP contribution in [0.25, 0.3) is 0 Å². The summed E-state index contributed by atoms with van der Waals surface area (Å²) in [4.78, 5) is 10.8. The summed E-state index contributed by atoms with van der Waals surface area (Å²) >= 11 is 1.81. The van der Waals surface area contributed by atoms with E-state index in [1.54, 1.807) is 0 Å². The van der Waals surface area contributed by atoms with Crippen molar-refractivity contribution in [3.8, 4) is 0 Å². The minimum atomic E-state index is 0.134. The lowest BCUT2D eigenvalue weighted by atomic mass is 9.95. The molecule has 0 aromatic carbocycles. The summed E-state index contributed by atoms with van der Waals surface area (Å²) < 4.78 is 7.27. The lowest BCUT2D eigenvalue weighted by Gasteiger charge is -2.31. The minimum absolute atomic E-state index is 0.134. The molecule has 2 aliphatic rings. The molecule has 0 saturated carbocycles. The van der Waals surface area contributed by atoms with Crippen LogP contribution in [0.15, 0.2) is 18.5 Å². The van der Waals surface area contributed by atoms with Gasteiger partial charge in [0.25, 0.3) is 0 Å². The predicted molar refractivity (Wildman–Crippen MR) is 102 cm³/mol. The summed E-state index contributed by atoms with van der Waals surface area (Å²) in [5.41, 5.74) is 1.15. The van der Waals surface area contributed by atoms with Crippen molar-refractivity contribution in [1.82, 2.24) is 19.7 Å². The number of aromatic nitrogens is 3. The van der Waals surface area contributed by atoms with Gasteiger partial charge in [0.05, 0.1) is 32.1 Å². The van der Waals surface area contributed by atoms with Crippen molar-refractivity contribution in [2.75, 3.05) is 50.9 Å². The van der Waals surface area contributed by atoms with Crippen molar-refractivity contribution < 1.29 is 9.84 Å². The first kappa shape index (κ1) is 17.9. The normalized spacial score (nSPS) is 22.0. The number of morpholine rings is 1. The zero-order valence-corrected chi connectivity index (χ0v) is 15.9. The fourth-order valence-electron chi connectivity index (χ4n) is 3.75. The Morgan fingerprint density at radius 2 is 2.15 bits per heavy atom. The van der Waals surface area contributed by atoms with Crippen LogP contribution < -0.4 is 4.90 Å². The Morgan fingerprint density at radius 1 is 1.27 bits per heavy atom. The third-order valence-electron chi connectivity index (χ3n) is 5.12. The number of hydrogen-bond donors (Lipinski definition) is 1. The van der Waals surface area contributed by atoms with Gasteiger partial charge in [-0.15, -0.1) is 11.3 Å². The van der Waals surface area contributed by atoms with Crippen LogP contribution in [-0.4, -0.2) is 70.8 Å². The van der Waals surface area contributed by atoms with Crippen LogP contribution in [0.5, 0.6) is 0 Å². The second kappa shape index (κ2) is 8.47. The Bertz CT molecular complexity index is 697. The molecule has 2 aromatic heterocycles. The van der Waals surface area contributed by atoms with Gasteiger partial charge in [0.15, 0.2) is 5.13 Å². The van der Waals surface area contributed by atoms with Crippen LogP contribution in [0.3, 0.4) is 0 Å². The smallest absolute Gasteiger partial charge is 0.185 e. The van der Waals surface area contributed by atoms with Gasteiger partial charge in [-0.2, -0.15) is 5.10 Å². The fraction of sp³-hybridized carbons (Fsp3) is 0.667. The summed E-state index contributed by atoms with van der Waals surface area (Å²) in [6.45, 7) is 7.33. The summed E-state index contributed by atoms with van der Waals surface area (Å²) in [7, 11) is 0. The summed E-state index contributed by atoms with van der Waals surface area (Å²) in [5, 5.41) is 14.8. The van der Waals surface area contributed by atoms with Gasteiger partial charge in [-0.05, 0) is 25.5 Å². The maximum atomic E-state index is 9.06. The van der Waals surface area contributed by atoms with Gasteiger partial charge in [0, 0.05) is 49.4 Å². The zero-order chi connectivity index (χ0) is 17.8. The number of nitrogens with zero attached hydrogens (tertiary/aromatic N) is 5. The van der Waals surface area contributed by atoms with E-state index in [4.69, 9.17) is 9.84 Å². The third kappa shape index (κ3) is 4.25. The van der Waals surface area contributed by atoms with Gasteiger partial charge in [-0.25, -0.2) is 4.98 Å². The van der Waals surface area contributed by atoms with E-state index >= 15 is 0 Å². The van der Waals surface area contributed by atoms with E-state index in [1.165, 1.54) is 17.7 Å². The SMILES string of the molecule is OCCn1ccc([C@H]2CCCN(Cc3cnc(N4CCOCC4)s3)C2)n1. The van der Waals surface area contributed by atoms with Crippen molar-refractivity contribution in [2.24, 2.45) is 0 Å². The molecule has 0 radical (unpaired) electrons. The van der Waals surface area contributed by atoms with Gasteiger partial charge >= 0.3 is 0 Å². The van der Waals surface area contributed by atoms with Crippen molar-refractivity contribution >= 4 is 16.5 Å². The topological polar surface area (TPSA) is 66.7 Å². The molecule has 26 heavy (non-hydrogen) atoms. The van der Waals surface area contributed by atoms with Gasteiger partial charge in [0.2, 0.25) is 0 Å². The Labute approximate surface area is 158 Å². The number of aliphatic hydroxyl groups is 1. The van der Waals surface area contributed by atoms with Crippen molar-refractivity contribution in [3.63, 3.8) is 0 Å². The number of thiazole rings is 1. The molecule has 0 spiro atoms. The highest BCUT2D eigenvalue weighted by Crippen LogP contribution is 2.29. The molecule has 2 aromatic rings. The van der Waals surface area contributed by atoms with Crippen LogP contribution in [0.2, 0.25) is 0 Å². The standard InChI is InChI=1S/C18H27N5O2S/c24-9-6-23-5-3-17(20-23)15-2-1-4-21(13-15)14-16-12-19-18(26-16)22-7-10-25-11-8-22/h3,5,12,15,24H,1-2,4,6-11,13-14H2/t15-/m0/s1. The molecule has 4 rings (SSSR count). The summed E-state index contributed by atoms with van der Waals surface area (Å²) in [6, 6.07) is 2.10. The highest BCUT2D eigenvalue weighted by atomic mass is 32.1. The number of ether oxygens (including phenoxy) is 1. The number of piperidine rings is 1. The van der Waals surface area contributed by atoms with Gasteiger partial charge in [0.1, 0.15) is 0 Å². The van der Waals surface area contributed by atoms with Gasteiger partial charge in [-0.1, -0.05) is 0 Å². The van der Waals surface area contributed by atoms with E-state index in [9.17, 15) is 0 Å². The average molecular weight is 378 g/mol. The number of rotatable bonds is 6. The van der Waals surface area contributed by atoms with E-state index in [0.717, 1.165) is 56.8 Å². The molecule has 8 heteroatoms. The molecule has 142 valence electrons. The largest absolute Gasteiger partial charge is 0.394 e. The molecular weight excluding hydrogens is 350 g/mol. The molecule has 0 bridgehead atoms. The maximum Gasteiger partial charge on any atom is 0.185 e. The van der Waals surface area contributed by atoms with Gasteiger partial charge in [-0.3, -0.25) is 9.58 Å². The molecular formula is C18H27N5O2S. The van der Waals surface area contributed by atoms with Crippen LogP contribution >= 0.6 is 11.3 Å². The second-order valence-electron chi connectivity index (χ2n) is 7.01. The number of likely N-dealkylation sites (tertiary alicyclic amines) is 1. The fourth-order valence-corrected chi connectivity index (χ4v) is 4.76. The van der Waals surface area contributed by atoms with E-state index in [2.05, 4.69) is 25.9 Å². The Hall–Kier alpha value is -1.48. The monoisotopic (exact) mass is 377 g/mol. The third-order valence-corrected chi connectivity index (χ3v) is 6.16. The Morgan fingerprint density at radius 3 is 3.00 bits per heavy atom. The highest BCUT2D eigenvalue weighted by Gasteiger charge is 2.24. The zero-order valence-electron chi connectivity index (χ0n) is 15.1. The number of anilines is 1. The lowest BCUT2D eigenvalue weighted by Crippen LogP contribution is -2.36. The van der Waals surface area contributed by atoms with Crippen molar-refractivity contribution in [1.29, 1.82) is 0 Å². The average Bonchev–Trinajstić information content (AvgIpc) is 3.33. The maximum absolute atomic E-state index is 9.06. The molecule has 2 saturated heterocycles. The van der Waals surface area contributed by atoms with Gasteiger partial charge < -0.3 is 14.7 Å². The molecule has 0 aliphatic carbocycles. The first-order valence-electron chi connectivity index (χ1n) is 9.46. The minimum Gasteiger partial charge on any atom is -0.394 e. The van der Waals surface area contributed by atoms with Crippen LogP contribution in [0, 0.1) is 0 Å². The molecule has 2 fully saturated rings. The van der Waals surface area contributed by atoms with Crippen LogP contribution in [-0.2, 0) is 17.8 Å². The number of hydrogen-bond acceptors (Lipinski definition) is 7. The van der Waals surface area contributed by atoms with E-state index in [-0.39, 0.29) is 6.61 Å². The second-order valence-corrected chi connectivity index (χ2v) is 8.10. The number of aliphatic hydroxyl groups excluding tert-OH is 1. The highest BCUT2D eigenvalue weighted by molar-refractivity contribution is 7.15. The summed E-state index contributed by atoms with van der Waals surface area (Å²) in [6.07, 6.45) is 6.40. The van der Waals surface area contributed by atoms with E-state index in [0.29, 0.717) is 12.5 Å². The first-order valence-corrected chi connectivity index (χ1v) is 10.3.